The summed E-state index contributed by atoms with van der Waals surface area (Å²) in [7, 11) is 0. The third-order valence-electron chi connectivity index (χ3n) is 6.79. The molecule has 1 N–H and O–H groups in total. The van der Waals surface area contributed by atoms with Gasteiger partial charge in [-0.15, -0.1) is 0 Å². The van der Waals surface area contributed by atoms with E-state index in [-0.39, 0.29) is 30.3 Å². The van der Waals surface area contributed by atoms with Gasteiger partial charge in [-0.05, 0) is 75.9 Å². The number of rotatable bonds is 7. The van der Waals surface area contributed by atoms with E-state index in [1.165, 1.54) is 5.56 Å². The lowest BCUT2D eigenvalue weighted by molar-refractivity contribution is -0.140. The molecule has 0 radical (unpaired) electrons. The van der Waals surface area contributed by atoms with Crippen LogP contribution in [0.4, 0.5) is 5.95 Å². The van der Waals surface area contributed by atoms with Crippen LogP contribution in [0.15, 0.2) is 48.7 Å². The number of carbonyl (C=O) groups is 2. The summed E-state index contributed by atoms with van der Waals surface area (Å²) in [5, 5.41) is 3.62. The zero-order valence-corrected chi connectivity index (χ0v) is 21.6. The fourth-order valence-corrected chi connectivity index (χ4v) is 4.67. The molecular weight excluding hydrogens is 460 g/mol. The SMILES string of the molecule is Cc1ccc(-n2cc(-c3ccc(Cl)cc3)nc2NC(=O)CN(C(=O)C2CCCC2)C(C)C)cc1C. The van der Waals surface area contributed by atoms with Crippen molar-refractivity contribution in [2.45, 2.75) is 59.4 Å². The van der Waals surface area contributed by atoms with Crippen molar-refractivity contribution < 1.29 is 9.59 Å². The minimum atomic E-state index is -0.261. The molecule has 2 amide bonds. The highest BCUT2D eigenvalue weighted by Crippen LogP contribution is 2.28. The molecule has 7 heteroatoms. The van der Waals surface area contributed by atoms with Crippen molar-refractivity contribution in [1.82, 2.24) is 14.5 Å². The Balaban J connectivity index is 1.62. The first-order valence-electron chi connectivity index (χ1n) is 12.3. The van der Waals surface area contributed by atoms with Gasteiger partial charge in [0, 0.05) is 34.4 Å². The van der Waals surface area contributed by atoms with Crippen molar-refractivity contribution in [3.63, 3.8) is 0 Å². The standard InChI is InChI=1S/C28H33ClN4O2/c1-18(2)32(27(35)22-7-5-6-8-22)17-26(34)31-28-30-25(21-10-12-23(29)13-11-21)16-33(28)24-14-9-19(3)20(4)15-24/h9-16,18,22H,5-8,17H2,1-4H3,(H,30,31,34). The molecule has 1 aliphatic carbocycles. The Hall–Kier alpha value is -3.12. The number of aryl methyl sites for hydroxylation is 2. The molecule has 2 aromatic carbocycles. The lowest BCUT2D eigenvalue weighted by Crippen LogP contribution is -2.45. The lowest BCUT2D eigenvalue weighted by Gasteiger charge is -2.28. The van der Waals surface area contributed by atoms with Gasteiger partial charge in [0.25, 0.3) is 0 Å². The van der Waals surface area contributed by atoms with Gasteiger partial charge in [-0.25, -0.2) is 4.98 Å². The second-order valence-electron chi connectivity index (χ2n) is 9.68. The van der Waals surface area contributed by atoms with Crippen LogP contribution in [-0.2, 0) is 9.59 Å². The summed E-state index contributed by atoms with van der Waals surface area (Å²) in [6.45, 7) is 8.03. The van der Waals surface area contributed by atoms with E-state index in [1.54, 1.807) is 4.90 Å². The molecule has 0 bridgehead atoms. The first-order chi connectivity index (χ1) is 16.7. The zero-order valence-electron chi connectivity index (χ0n) is 20.8. The quantitative estimate of drug-likeness (QED) is 0.428. The van der Waals surface area contributed by atoms with Gasteiger partial charge in [0.05, 0.1) is 5.69 Å². The largest absolute Gasteiger partial charge is 0.331 e. The zero-order chi connectivity index (χ0) is 25.1. The minimum absolute atomic E-state index is 0.00304. The summed E-state index contributed by atoms with van der Waals surface area (Å²) in [4.78, 5) is 32.7. The van der Waals surface area contributed by atoms with Crippen LogP contribution in [0.2, 0.25) is 5.02 Å². The Morgan fingerprint density at radius 3 is 2.40 bits per heavy atom. The topological polar surface area (TPSA) is 67.2 Å². The average Bonchev–Trinajstić information content (AvgIpc) is 3.50. The molecule has 0 unspecified atom stereocenters. The molecule has 1 aliphatic rings. The molecule has 1 aromatic heterocycles. The van der Waals surface area contributed by atoms with Gasteiger partial charge in [0.15, 0.2) is 0 Å². The molecular formula is C28H33ClN4O2. The highest BCUT2D eigenvalue weighted by Gasteiger charge is 2.30. The van der Waals surface area contributed by atoms with Crippen LogP contribution in [0, 0.1) is 19.8 Å². The van der Waals surface area contributed by atoms with Gasteiger partial charge >= 0.3 is 0 Å². The first kappa shape index (κ1) is 25.0. The fourth-order valence-electron chi connectivity index (χ4n) is 4.54. The molecule has 1 heterocycles. The second kappa shape index (κ2) is 10.6. The molecule has 0 aliphatic heterocycles. The molecule has 4 rings (SSSR count). The number of imidazole rings is 1. The molecule has 3 aromatic rings. The molecule has 0 spiro atoms. The van der Waals surface area contributed by atoms with Gasteiger partial charge < -0.3 is 4.90 Å². The second-order valence-corrected chi connectivity index (χ2v) is 10.1. The summed E-state index contributed by atoms with van der Waals surface area (Å²) < 4.78 is 1.88. The number of halogens is 1. The van der Waals surface area contributed by atoms with Crippen molar-refractivity contribution >= 4 is 29.4 Å². The molecule has 0 saturated heterocycles. The highest BCUT2D eigenvalue weighted by atomic mass is 35.5. The number of nitrogens with zero attached hydrogens (tertiary/aromatic N) is 3. The van der Waals surface area contributed by atoms with E-state index in [9.17, 15) is 9.59 Å². The number of nitrogens with one attached hydrogen (secondary N) is 1. The number of carbonyl (C=O) groups excluding carboxylic acids is 2. The van der Waals surface area contributed by atoms with Gasteiger partial charge in [-0.1, -0.05) is 42.6 Å². The van der Waals surface area contributed by atoms with Crippen LogP contribution in [0.5, 0.6) is 0 Å². The fraction of sp³-hybridized carbons (Fsp3) is 0.393. The van der Waals surface area contributed by atoms with Crippen molar-refractivity contribution in [3.05, 3.63) is 64.8 Å². The van der Waals surface area contributed by atoms with Crippen LogP contribution in [-0.4, -0.2) is 38.9 Å². The molecule has 1 fully saturated rings. The number of hydrogen-bond acceptors (Lipinski definition) is 3. The van der Waals surface area contributed by atoms with Crippen molar-refractivity contribution in [2.75, 3.05) is 11.9 Å². The van der Waals surface area contributed by atoms with E-state index in [4.69, 9.17) is 16.6 Å². The van der Waals surface area contributed by atoms with Crippen LogP contribution >= 0.6 is 11.6 Å². The minimum Gasteiger partial charge on any atom is -0.331 e. The maximum atomic E-state index is 13.2. The van der Waals surface area contributed by atoms with Crippen LogP contribution in [0.1, 0.15) is 50.7 Å². The smallest absolute Gasteiger partial charge is 0.246 e. The Morgan fingerprint density at radius 1 is 1.09 bits per heavy atom. The predicted octanol–water partition coefficient (Wildman–Crippen LogP) is 6.18. The highest BCUT2D eigenvalue weighted by molar-refractivity contribution is 6.30. The molecule has 35 heavy (non-hydrogen) atoms. The van der Waals surface area contributed by atoms with E-state index in [2.05, 4.69) is 31.3 Å². The first-order valence-corrected chi connectivity index (χ1v) is 12.6. The molecule has 1 saturated carbocycles. The van der Waals surface area contributed by atoms with Crippen LogP contribution in [0.25, 0.3) is 16.9 Å². The number of aromatic nitrogens is 2. The van der Waals surface area contributed by atoms with Crippen molar-refractivity contribution in [2.24, 2.45) is 5.92 Å². The summed E-state index contributed by atoms with van der Waals surface area (Å²) in [5.74, 6) is 0.259. The normalized spacial score (nSPS) is 13.9. The van der Waals surface area contributed by atoms with Crippen molar-refractivity contribution in [3.8, 4) is 16.9 Å². The van der Waals surface area contributed by atoms with E-state index in [0.717, 1.165) is 48.2 Å². The lowest BCUT2D eigenvalue weighted by atomic mass is 10.1. The monoisotopic (exact) mass is 492 g/mol. The Bertz CT molecular complexity index is 1210. The predicted molar refractivity (Wildman–Crippen MR) is 141 cm³/mol. The maximum Gasteiger partial charge on any atom is 0.246 e. The Labute approximate surface area is 212 Å². The van der Waals surface area contributed by atoms with E-state index in [1.807, 2.05) is 54.9 Å². The number of benzene rings is 2. The average molecular weight is 493 g/mol. The number of anilines is 1. The Morgan fingerprint density at radius 2 is 1.77 bits per heavy atom. The maximum absolute atomic E-state index is 13.2. The summed E-state index contributed by atoms with van der Waals surface area (Å²) in [5.41, 5.74) is 4.86. The van der Waals surface area contributed by atoms with Gasteiger partial charge in [0.1, 0.15) is 6.54 Å². The van der Waals surface area contributed by atoms with E-state index in [0.29, 0.717) is 11.0 Å². The van der Waals surface area contributed by atoms with Crippen LogP contribution in [0.3, 0.4) is 0 Å². The molecule has 0 atom stereocenters. The van der Waals surface area contributed by atoms with Crippen molar-refractivity contribution in [1.29, 1.82) is 0 Å². The third kappa shape index (κ3) is 5.76. The summed E-state index contributed by atoms with van der Waals surface area (Å²) in [6, 6.07) is 13.5. The summed E-state index contributed by atoms with van der Waals surface area (Å²) in [6.07, 6.45) is 5.88. The van der Waals surface area contributed by atoms with Crippen LogP contribution < -0.4 is 5.32 Å². The molecule has 6 nitrogen and oxygen atoms in total. The van der Waals surface area contributed by atoms with E-state index >= 15 is 0 Å². The number of hydrogen-bond donors (Lipinski definition) is 1. The van der Waals surface area contributed by atoms with E-state index < -0.39 is 0 Å². The number of amides is 2. The molecule has 184 valence electrons. The van der Waals surface area contributed by atoms with Gasteiger partial charge in [-0.2, -0.15) is 0 Å². The van der Waals surface area contributed by atoms with Gasteiger partial charge in [-0.3, -0.25) is 19.5 Å². The van der Waals surface area contributed by atoms with Gasteiger partial charge in [0.2, 0.25) is 17.8 Å². The third-order valence-corrected chi connectivity index (χ3v) is 7.04. The Kier molecular flexibility index (Phi) is 7.60. The summed E-state index contributed by atoms with van der Waals surface area (Å²) >= 11 is 6.06.